The molecule has 16 atom stereocenters. The highest BCUT2D eigenvalue weighted by atomic mass is 35.5. The fraction of sp³-hybridized carbons (Fsp3) is 0.548. The molecule has 2 amide bonds. The molecule has 0 bridgehead atoms. The normalized spacial score (nSPS) is 27.1. The van der Waals surface area contributed by atoms with E-state index in [1.54, 1.807) is 72.2 Å². The topological polar surface area (TPSA) is 316 Å². The summed E-state index contributed by atoms with van der Waals surface area (Å²) in [7, 11) is 4.37. The summed E-state index contributed by atoms with van der Waals surface area (Å²) in [6, 6.07) is 8.50. The number of ketones is 2. The Kier molecular flexibility index (Phi) is 23.3. The largest absolute Gasteiger partial charge is 0.495 e. The first-order chi connectivity index (χ1) is 52.1. The van der Waals surface area contributed by atoms with Crippen molar-refractivity contribution in [3.8, 4) is 40.0 Å². The minimum atomic E-state index is -1.26. The molecule has 6 aromatic rings. The van der Waals surface area contributed by atoms with Gasteiger partial charge in [-0.1, -0.05) is 83.8 Å². The highest BCUT2D eigenvalue weighted by Crippen LogP contribution is 2.59. The number of rotatable bonds is 24. The minimum Gasteiger partial charge on any atom is -0.495 e. The van der Waals surface area contributed by atoms with Crippen LogP contribution >= 0.6 is 23.2 Å². The number of H-pyrrole nitrogens is 1. The summed E-state index contributed by atoms with van der Waals surface area (Å²) >= 11 is 13.1. The number of fused-ring (bicyclic) bond motifs is 4. The molecule has 2 N–H and O–H groups in total. The van der Waals surface area contributed by atoms with Crippen molar-refractivity contribution in [2.75, 3.05) is 34.4 Å². The molecule has 8 fully saturated rings. The van der Waals surface area contributed by atoms with Crippen LogP contribution in [0.25, 0.3) is 44.6 Å². The quantitative estimate of drug-likeness (QED) is 0.0323. The van der Waals surface area contributed by atoms with Gasteiger partial charge in [0.2, 0.25) is 11.8 Å². The van der Waals surface area contributed by atoms with Crippen LogP contribution in [0.1, 0.15) is 150 Å². The van der Waals surface area contributed by atoms with Crippen molar-refractivity contribution in [1.29, 1.82) is 0 Å². The van der Waals surface area contributed by atoms with Gasteiger partial charge in [0, 0.05) is 61.1 Å². The van der Waals surface area contributed by atoms with Gasteiger partial charge in [-0.15, -0.1) is 13.2 Å². The van der Waals surface area contributed by atoms with E-state index in [4.69, 9.17) is 56.6 Å². The number of aryl methyl sites for hydroxylation is 2. The molecule has 26 heteroatoms. The number of aliphatic carboxylic acids is 1. The molecule has 0 radical (unpaired) electrons. The Bertz CT molecular complexity index is 4690. The zero-order valence-corrected chi connectivity index (χ0v) is 66.2. The molecule has 2 aliphatic heterocycles. The maximum Gasteiger partial charge on any atom is 0.312 e. The van der Waals surface area contributed by atoms with E-state index in [9.17, 15) is 48.3 Å². The zero-order valence-electron chi connectivity index (χ0n) is 64.7. The summed E-state index contributed by atoms with van der Waals surface area (Å²) < 4.78 is 33.9. The molecule has 6 aliphatic carbocycles. The van der Waals surface area contributed by atoms with Crippen molar-refractivity contribution in [2.45, 2.75) is 183 Å². The van der Waals surface area contributed by atoms with E-state index in [-0.39, 0.29) is 114 Å². The molecule has 14 rings (SSSR count). The number of carboxylic acids is 1. The highest BCUT2D eigenvalue weighted by molar-refractivity contribution is 6.37. The number of benzene rings is 2. The number of hydrogen-bond acceptors (Lipinski definition) is 20. The number of allylic oxidation sites excluding steroid dienone is 2. The Labute approximate surface area is 650 Å². The van der Waals surface area contributed by atoms with E-state index < -0.39 is 63.6 Å². The number of esters is 3. The number of hydrogen-bond donors (Lipinski definition) is 2. The SMILES string of the molecule is C=C[C@@H]1C[C@]1(CC(=O)[C@@H]1C[C@@H](Oc2cc(-c3cncc(C)n3)nc3c(Cl)c(OC)ccc23)CN1C(=O)[C@@H](CC(=O)OC1C[C@@H]2C[C@@H]2C1)C(C)(C)C)C(=O)O.C=C[C@@H]1C[C@]1(CC(=O)[C@@H]1C[C@H](C)CN1C(=O)[C@@H](CC(=O)OC1C[C@@H]2C[C@@H]2C1)C(C)(C)C)C(=O)OC.COc1ccc2c(=O)cc(-c3cncc(C)n3)[nH]c2c1Cl. The molecular formula is C84H100Cl2N8O16. The summed E-state index contributed by atoms with van der Waals surface area (Å²) in [4.78, 5) is 148. The predicted octanol–water partition coefficient (Wildman–Crippen LogP) is 13.5. The first-order valence-corrected chi connectivity index (χ1v) is 38.8. The van der Waals surface area contributed by atoms with E-state index in [1.165, 1.54) is 45.1 Å². The number of Topliss-reactive ketones (excluding diaryl/α,β-unsaturated/α-hetero) is 2. The molecule has 2 aromatic carbocycles. The predicted molar refractivity (Wildman–Crippen MR) is 412 cm³/mol. The van der Waals surface area contributed by atoms with Crippen LogP contribution < -0.4 is 19.6 Å². The van der Waals surface area contributed by atoms with Crippen LogP contribution in [0.15, 0.2) is 91.3 Å². The van der Waals surface area contributed by atoms with Gasteiger partial charge in [-0.3, -0.25) is 53.1 Å². The maximum absolute atomic E-state index is 14.7. The molecule has 24 nitrogen and oxygen atoms in total. The number of carboxylic acid groups (broad SMARTS) is 1. The number of aromatic amines is 1. The van der Waals surface area contributed by atoms with Crippen LogP contribution in [0.3, 0.4) is 0 Å². The number of nitrogens with one attached hydrogen (secondary N) is 1. The van der Waals surface area contributed by atoms with E-state index in [0.717, 1.165) is 31.4 Å². The number of aromatic nitrogens is 6. The Hall–Kier alpha value is -9.16. The average Bonchev–Trinajstić information content (AvgIpc) is 1.55. The molecule has 2 saturated heterocycles. The lowest BCUT2D eigenvalue weighted by atomic mass is 9.77. The summed E-state index contributed by atoms with van der Waals surface area (Å²) in [5.74, 6) is -0.863. The van der Waals surface area contributed by atoms with Crippen LogP contribution in [0.4, 0.5) is 0 Å². The molecule has 0 spiro atoms. The van der Waals surface area contributed by atoms with Crippen molar-refractivity contribution in [3.05, 3.63) is 118 Å². The number of carbonyl (C=O) groups is 8. The third-order valence-corrected chi connectivity index (χ3v) is 24.6. The van der Waals surface area contributed by atoms with E-state index >= 15 is 0 Å². The van der Waals surface area contributed by atoms with Gasteiger partial charge in [-0.2, -0.15) is 0 Å². The summed E-state index contributed by atoms with van der Waals surface area (Å²) in [5.41, 5.74) is 1.11. The van der Waals surface area contributed by atoms with Crippen molar-refractivity contribution in [2.24, 2.45) is 74.9 Å². The van der Waals surface area contributed by atoms with Crippen molar-refractivity contribution < 1.29 is 71.9 Å². The number of amides is 2. The zero-order chi connectivity index (χ0) is 79.4. The van der Waals surface area contributed by atoms with Gasteiger partial charge in [0.05, 0.1) is 122 Å². The van der Waals surface area contributed by atoms with E-state index in [0.29, 0.717) is 122 Å². The lowest BCUT2D eigenvalue weighted by Gasteiger charge is -2.35. The average molecular weight is 1550 g/mol. The number of methoxy groups -OCH3 is 3. The first kappa shape index (κ1) is 80.4. The fourth-order valence-corrected chi connectivity index (χ4v) is 17.7. The second kappa shape index (κ2) is 31.9. The maximum atomic E-state index is 14.7. The molecule has 2 unspecified atom stereocenters. The van der Waals surface area contributed by atoms with Crippen LogP contribution in [0, 0.1) is 88.8 Å². The van der Waals surface area contributed by atoms with E-state index in [2.05, 4.69) is 38.1 Å². The number of halogens is 2. The Morgan fingerprint density at radius 3 is 1.60 bits per heavy atom. The second-order valence-corrected chi connectivity index (χ2v) is 34.6. The first-order valence-electron chi connectivity index (χ1n) is 38.0. The van der Waals surface area contributed by atoms with Crippen LogP contribution in [0.2, 0.25) is 10.0 Å². The monoisotopic (exact) mass is 1550 g/mol. The highest BCUT2D eigenvalue weighted by Gasteiger charge is 2.63. The number of likely N-dealkylation sites (tertiary alicyclic amines) is 2. The fourth-order valence-electron chi connectivity index (χ4n) is 17.2. The molecule has 8 aliphatic rings. The molecule has 110 heavy (non-hydrogen) atoms. The number of ether oxygens (including phenoxy) is 6. The number of carbonyl (C=O) groups excluding carboxylic acids is 7. The molecule has 6 saturated carbocycles. The molecule has 6 heterocycles. The van der Waals surface area contributed by atoms with Crippen molar-refractivity contribution in [1.82, 2.24) is 39.7 Å². The van der Waals surface area contributed by atoms with Crippen LogP contribution in [-0.2, 0) is 52.6 Å². The van der Waals surface area contributed by atoms with Gasteiger partial charge in [0.1, 0.15) is 57.0 Å². The third-order valence-electron chi connectivity index (χ3n) is 23.9. The second-order valence-electron chi connectivity index (χ2n) is 33.9. The van der Waals surface area contributed by atoms with Gasteiger partial charge in [-0.25, -0.2) is 15.0 Å². The molecule has 586 valence electrons. The smallest absolute Gasteiger partial charge is 0.312 e. The lowest BCUT2D eigenvalue weighted by molar-refractivity contribution is -0.157. The Morgan fingerprint density at radius 2 is 1.10 bits per heavy atom. The number of nitrogens with zero attached hydrogens (tertiary/aromatic N) is 7. The number of pyridine rings is 2. The van der Waals surface area contributed by atoms with Gasteiger partial charge in [0.25, 0.3) is 0 Å². The van der Waals surface area contributed by atoms with Gasteiger partial charge in [-0.05, 0) is 148 Å². The lowest BCUT2D eigenvalue weighted by Crippen LogP contribution is -2.48. The van der Waals surface area contributed by atoms with Crippen molar-refractivity contribution >= 4 is 92.3 Å². The van der Waals surface area contributed by atoms with Crippen molar-refractivity contribution in [3.63, 3.8) is 0 Å². The minimum absolute atomic E-state index is 0.0184. The van der Waals surface area contributed by atoms with Gasteiger partial charge in [0.15, 0.2) is 17.0 Å². The summed E-state index contributed by atoms with van der Waals surface area (Å²) in [6.45, 7) is 25.3. The molecule has 4 aromatic heterocycles. The van der Waals surface area contributed by atoms with Crippen LogP contribution in [-0.4, -0.2) is 157 Å². The van der Waals surface area contributed by atoms with Gasteiger partial charge < -0.3 is 48.3 Å². The van der Waals surface area contributed by atoms with Crippen LogP contribution in [0.5, 0.6) is 17.2 Å². The summed E-state index contributed by atoms with van der Waals surface area (Å²) in [6.07, 6.45) is 16.2. The van der Waals surface area contributed by atoms with Gasteiger partial charge >= 0.3 is 23.9 Å². The Morgan fingerprint density at radius 1 is 0.609 bits per heavy atom. The Balaban J connectivity index is 0.000000171. The summed E-state index contributed by atoms with van der Waals surface area (Å²) in [5, 5.41) is 11.9. The van der Waals surface area contributed by atoms with E-state index in [1.807, 2.05) is 62.3 Å². The standard InChI is InChI=1S/C41H47ClN4O8.C28H41NO6.C15H12ClN3O2/c1-7-24-16-41(24,39(50)51)17-32(47)31-13-26(20-46(31)38(49)28(40(3,4)5)14-35(48)54-25-11-22-10-23(22)12-25)53-34-15-29(30-19-43-18-21(2)44-30)45-37-27(34)8-9-33(52-6)36(37)42;1-7-19-13-28(19,26(33)34-6)14-23(30)22-8-16(2)15-29(22)25(32)21(27(3,4)5)12-24(31)35-20-10-17-9-18(17)11-20;1-8-6-17-7-11(18-8)10-5-12(20)9-3-4-13(21-2)14(16)15(9)19-10/h7-9,15,18-19,22-26,28,31H,1,10-14,16-17,20H2,2-6H3,(H,50,51);7,16-22H,1,8-15H2,2-6H3;3-7H,1-2H3,(H,19,20)/t22-,23+,24-,25?,26-,28-,31+,41-;16-,17-,18+,19+,20?,21+,22-,28+;/m10./s1. The third kappa shape index (κ3) is 17.2. The molecular weight excluding hydrogens is 1450 g/mol.